The Hall–Kier alpha value is -2.56. The van der Waals surface area contributed by atoms with Crippen molar-refractivity contribution in [2.75, 3.05) is 24.3 Å². The highest BCUT2D eigenvalue weighted by Gasteiger charge is 2.14. The van der Waals surface area contributed by atoms with E-state index in [1.54, 1.807) is 6.07 Å². The van der Waals surface area contributed by atoms with Crippen molar-refractivity contribution in [1.29, 1.82) is 0 Å². The summed E-state index contributed by atoms with van der Waals surface area (Å²) in [6.07, 6.45) is 0.917. The molecule has 0 unspecified atom stereocenters. The minimum atomic E-state index is -0.459. The van der Waals surface area contributed by atoms with Crippen LogP contribution in [0.4, 0.5) is 15.8 Å². The molecule has 3 rings (SSSR count). The zero-order valence-electron chi connectivity index (χ0n) is 11.6. The largest absolute Gasteiger partial charge is 0.494 e. The summed E-state index contributed by atoms with van der Waals surface area (Å²) in [5, 5.41) is 5.99. The van der Waals surface area contributed by atoms with Gasteiger partial charge in [0, 0.05) is 29.5 Å². The van der Waals surface area contributed by atoms with Gasteiger partial charge in [0.15, 0.2) is 11.6 Å². The molecule has 0 aliphatic carbocycles. The molecule has 5 heteroatoms. The Balaban J connectivity index is 1.80. The van der Waals surface area contributed by atoms with Crippen LogP contribution in [0.1, 0.15) is 15.9 Å². The summed E-state index contributed by atoms with van der Waals surface area (Å²) in [5.41, 5.74) is 3.30. The lowest BCUT2D eigenvalue weighted by Gasteiger charge is -2.09. The molecular weight excluding hydrogens is 271 g/mol. The molecule has 2 N–H and O–H groups in total. The molecule has 21 heavy (non-hydrogen) atoms. The van der Waals surface area contributed by atoms with Crippen molar-refractivity contribution in [3.05, 3.63) is 53.3 Å². The van der Waals surface area contributed by atoms with Gasteiger partial charge in [0.05, 0.1) is 7.11 Å². The third kappa shape index (κ3) is 2.67. The van der Waals surface area contributed by atoms with E-state index >= 15 is 0 Å². The van der Waals surface area contributed by atoms with Gasteiger partial charge < -0.3 is 15.4 Å². The van der Waals surface area contributed by atoms with Crippen LogP contribution in [0.2, 0.25) is 0 Å². The molecule has 1 aliphatic heterocycles. The molecule has 1 heterocycles. The molecule has 0 bridgehead atoms. The fourth-order valence-electron chi connectivity index (χ4n) is 2.39. The number of amides is 1. The number of rotatable bonds is 3. The van der Waals surface area contributed by atoms with Crippen molar-refractivity contribution in [1.82, 2.24) is 0 Å². The maximum Gasteiger partial charge on any atom is 0.255 e. The van der Waals surface area contributed by atoms with Crippen LogP contribution in [0.15, 0.2) is 36.4 Å². The van der Waals surface area contributed by atoms with E-state index in [0.717, 1.165) is 24.2 Å². The molecule has 0 radical (unpaired) electrons. The van der Waals surface area contributed by atoms with Gasteiger partial charge in [-0.15, -0.1) is 0 Å². The van der Waals surface area contributed by atoms with E-state index in [-0.39, 0.29) is 11.7 Å². The van der Waals surface area contributed by atoms with Crippen LogP contribution >= 0.6 is 0 Å². The highest BCUT2D eigenvalue weighted by molar-refractivity contribution is 6.04. The molecule has 0 saturated carbocycles. The fourth-order valence-corrected chi connectivity index (χ4v) is 2.39. The molecule has 0 atom stereocenters. The first-order chi connectivity index (χ1) is 10.2. The molecule has 108 valence electrons. The van der Waals surface area contributed by atoms with Gasteiger partial charge in [0.1, 0.15) is 0 Å². The zero-order chi connectivity index (χ0) is 14.8. The van der Waals surface area contributed by atoms with Gasteiger partial charge >= 0.3 is 0 Å². The van der Waals surface area contributed by atoms with Crippen molar-refractivity contribution in [3.63, 3.8) is 0 Å². The van der Waals surface area contributed by atoms with Crippen molar-refractivity contribution in [2.24, 2.45) is 0 Å². The summed E-state index contributed by atoms with van der Waals surface area (Å²) in [4.78, 5) is 12.2. The summed E-state index contributed by atoms with van der Waals surface area (Å²) >= 11 is 0. The Morgan fingerprint density at radius 1 is 1.29 bits per heavy atom. The molecular formula is C16H15FN2O2. The number of fused-ring (bicyclic) bond motifs is 1. The number of carbonyl (C=O) groups excluding carboxylic acids is 1. The number of carbonyl (C=O) groups is 1. The maximum absolute atomic E-state index is 13.3. The Bertz CT molecular complexity index is 701. The first kappa shape index (κ1) is 13.4. The number of hydrogen-bond acceptors (Lipinski definition) is 3. The molecule has 0 saturated heterocycles. The van der Waals surface area contributed by atoms with Gasteiger partial charge in [-0.1, -0.05) is 0 Å². The van der Waals surface area contributed by atoms with E-state index in [0.29, 0.717) is 11.3 Å². The Kier molecular flexibility index (Phi) is 3.48. The van der Waals surface area contributed by atoms with E-state index in [1.165, 1.54) is 25.3 Å². The number of ether oxygens (including phenoxy) is 1. The first-order valence-corrected chi connectivity index (χ1v) is 6.69. The molecule has 0 fully saturated rings. The summed E-state index contributed by atoms with van der Waals surface area (Å²) in [7, 11) is 1.39. The smallest absolute Gasteiger partial charge is 0.255 e. The minimum absolute atomic E-state index is 0.103. The molecule has 0 spiro atoms. The average Bonchev–Trinajstić information content (AvgIpc) is 2.96. The van der Waals surface area contributed by atoms with Crippen LogP contribution in [0.5, 0.6) is 5.75 Å². The number of benzene rings is 2. The SMILES string of the molecule is COc1cc(NC(=O)c2ccc3c(c2)CCN3)ccc1F. The quantitative estimate of drug-likeness (QED) is 0.911. The molecule has 0 aromatic heterocycles. The summed E-state index contributed by atoms with van der Waals surface area (Å²) < 4.78 is 18.2. The van der Waals surface area contributed by atoms with Crippen molar-refractivity contribution in [2.45, 2.75) is 6.42 Å². The van der Waals surface area contributed by atoms with E-state index < -0.39 is 5.82 Å². The number of halogens is 1. The Morgan fingerprint density at radius 3 is 2.95 bits per heavy atom. The normalized spacial score (nSPS) is 12.5. The van der Waals surface area contributed by atoms with Gasteiger partial charge in [0.2, 0.25) is 0 Å². The lowest BCUT2D eigenvalue weighted by Crippen LogP contribution is -2.12. The highest BCUT2D eigenvalue weighted by Crippen LogP contribution is 2.25. The van der Waals surface area contributed by atoms with Gasteiger partial charge in [-0.3, -0.25) is 4.79 Å². The van der Waals surface area contributed by atoms with E-state index in [4.69, 9.17) is 4.74 Å². The summed E-state index contributed by atoms with van der Waals surface area (Å²) in [5.74, 6) is -0.580. The number of hydrogen-bond donors (Lipinski definition) is 2. The molecule has 2 aromatic rings. The van der Waals surface area contributed by atoms with Gasteiger partial charge in [-0.25, -0.2) is 4.39 Å². The summed E-state index contributed by atoms with van der Waals surface area (Å²) in [6.45, 7) is 0.898. The lowest BCUT2D eigenvalue weighted by atomic mass is 10.1. The van der Waals surface area contributed by atoms with Crippen molar-refractivity contribution in [3.8, 4) is 5.75 Å². The minimum Gasteiger partial charge on any atom is -0.494 e. The second kappa shape index (κ2) is 5.44. The van der Waals surface area contributed by atoms with Crippen LogP contribution in [0, 0.1) is 5.82 Å². The van der Waals surface area contributed by atoms with Crippen LogP contribution < -0.4 is 15.4 Å². The van der Waals surface area contributed by atoms with Crippen LogP contribution in [0.3, 0.4) is 0 Å². The summed E-state index contributed by atoms with van der Waals surface area (Å²) in [6, 6.07) is 9.79. The van der Waals surface area contributed by atoms with E-state index in [1.807, 2.05) is 12.1 Å². The van der Waals surface area contributed by atoms with E-state index in [2.05, 4.69) is 10.6 Å². The van der Waals surface area contributed by atoms with Gasteiger partial charge in [-0.2, -0.15) is 0 Å². The van der Waals surface area contributed by atoms with Crippen LogP contribution in [0.25, 0.3) is 0 Å². The van der Waals surface area contributed by atoms with Crippen LogP contribution in [-0.2, 0) is 6.42 Å². The number of anilines is 2. The highest BCUT2D eigenvalue weighted by atomic mass is 19.1. The van der Waals surface area contributed by atoms with Gasteiger partial charge in [-0.05, 0) is 42.3 Å². The predicted octanol–water partition coefficient (Wildman–Crippen LogP) is 3.05. The molecule has 1 amide bonds. The molecule has 4 nitrogen and oxygen atoms in total. The third-order valence-corrected chi connectivity index (χ3v) is 3.49. The first-order valence-electron chi connectivity index (χ1n) is 6.69. The Labute approximate surface area is 121 Å². The van der Waals surface area contributed by atoms with Crippen LogP contribution in [-0.4, -0.2) is 19.6 Å². The number of nitrogens with one attached hydrogen (secondary N) is 2. The maximum atomic E-state index is 13.3. The molecule has 1 aliphatic rings. The monoisotopic (exact) mass is 286 g/mol. The van der Waals surface area contributed by atoms with Crippen molar-refractivity contribution < 1.29 is 13.9 Å². The standard InChI is InChI=1S/C16H15FN2O2/c1-21-15-9-12(3-4-13(15)17)19-16(20)11-2-5-14-10(8-11)6-7-18-14/h2-5,8-9,18H,6-7H2,1H3,(H,19,20). The molecule has 2 aromatic carbocycles. The van der Waals surface area contributed by atoms with Crippen molar-refractivity contribution >= 4 is 17.3 Å². The van der Waals surface area contributed by atoms with E-state index in [9.17, 15) is 9.18 Å². The zero-order valence-corrected chi connectivity index (χ0v) is 11.6. The lowest BCUT2D eigenvalue weighted by molar-refractivity contribution is 0.102. The Morgan fingerprint density at radius 2 is 2.14 bits per heavy atom. The second-order valence-corrected chi connectivity index (χ2v) is 4.85. The predicted molar refractivity (Wildman–Crippen MR) is 79.5 cm³/mol. The van der Waals surface area contributed by atoms with Gasteiger partial charge in [0.25, 0.3) is 5.91 Å². The third-order valence-electron chi connectivity index (χ3n) is 3.49. The number of methoxy groups -OCH3 is 1. The fraction of sp³-hybridized carbons (Fsp3) is 0.188. The average molecular weight is 286 g/mol. The topological polar surface area (TPSA) is 50.4 Å². The second-order valence-electron chi connectivity index (χ2n) is 4.85.